The summed E-state index contributed by atoms with van der Waals surface area (Å²) in [7, 11) is 2.52. The number of hydrogen-bond donors (Lipinski definition) is 1. The second-order valence-electron chi connectivity index (χ2n) is 5.98. The third-order valence-electron chi connectivity index (χ3n) is 4.15. The summed E-state index contributed by atoms with van der Waals surface area (Å²) in [5, 5.41) is 2.85. The Morgan fingerprint density at radius 3 is 2.36 bits per heavy atom. The molecule has 1 saturated heterocycles. The number of sulfonamides is 1. The molecule has 0 unspecified atom stereocenters. The molecule has 1 aliphatic rings. The van der Waals surface area contributed by atoms with Crippen molar-refractivity contribution in [1.82, 2.24) is 9.62 Å². The lowest BCUT2D eigenvalue weighted by atomic mass is 10.1. The minimum atomic E-state index is -3.39. The number of benzene rings is 1. The van der Waals surface area contributed by atoms with E-state index in [1.54, 1.807) is 18.2 Å². The second-order valence-corrected chi connectivity index (χ2v) is 8.20. The van der Waals surface area contributed by atoms with Gasteiger partial charge in [-0.15, -0.1) is 0 Å². The zero-order valence-electron chi connectivity index (χ0n) is 14.8. The van der Waals surface area contributed by atoms with Gasteiger partial charge in [-0.05, 0) is 12.1 Å². The first kappa shape index (κ1) is 19.5. The Hall–Kier alpha value is -1.84. The van der Waals surface area contributed by atoms with Gasteiger partial charge in [0.05, 0.1) is 39.2 Å². The molecule has 25 heavy (non-hydrogen) atoms. The third kappa shape index (κ3) is 4.42. The summed E-state index contributed by atoms with van der Waals surface area (Å²) >= 11 is 0. The van der Waals surface area contributed by atoms with Crippen LogP contribution in [0.1, 0.15) is 10.4 Å². The topological polar surface area (TPSA) is 94.2 Å². The molecule has 0 aliphatic carbocycles. The monoisotopic (exact) mass is 372 g/mol. The van der Waals surface area contributed by atoms with E-state index < -0.39 is 22.0 Å². The summed E-state index contributed by atoms with van der Waals surface area (Å²) in [6.07, 6.45) is 0. The average molecular weight is 372 g/mol. The van der Waals surface area contributed by atoms with Crippen molar-refractivity contribution in [2.75, 3.05) is 47.3 Å². The number of nitrogens with one attached hydrogen (secondary N) is 1. The van der Waals surface area contributed by atoms with Crippen LogP contribution < -0.4 is 14.8 Å². The van der Waals surface area contributed by atoms with Gasteiger partial charge < -0.3 is 19.5 Å². The van der Waals surface area contributed by atoms with E-state index in [2.05, 4.69) is 5.32 Å². The summed E-state index contributed by atoms with van der Waals surface area (Å²) in [4.78, 5) is 12.7. The van der Waals surface area contributed by atoms with E-state index in [1.165, 1.54) is 32.6 Å². The van der Waals surface area contributed by atoms with Gasteiger partial charge in [-0.2, -0.15) is 0 Å². The maximum Gasteiger partial charge on any atom is 0.259 e. The number of carbonyl (C=O) groups is 1. The Balaban J connectivity index is 2.17. The van der Waals surface area contributed by atoms with E-state index in [9.17, 15) is 13.2 Å². The molecular weight excluding hydrogens is 348 g/mol. The van der Waals surface area contributed by atoms with Crippen molar-refractivity contribution in [3.63, 3.8) is 0 Å². The molecule has 1 heterocycles. The van der Waals surface area contributed by atoms with Gasteiger partial charge in [0.1, 0.15) is 17.1 Å². The SMILES string of the molecule is COc1cccc(OC)c1C(=O)N[C@@H]1COC[C@H]1CS(=O)(=O)N(C)C. The number of rotatable bonds is 7. The van der Waals surface area contributed by atoms with Crippen LogP contribution in [-0.4, -0.2) is 72.0 Å². The molecule has 8 nitrogen and oxygen atoms in total. The molecule has 0 spiro atoms. The molecule has 1 aromatic rings. The number of methoxy groups -OCH3 is 2. The van der Waals surface area contributed by atoms with Crippen LogP contribution in [-0.2, 0) is 14.8 Å². The Morgan fingerprint density at radius 2 is 1.84 bits per heavy atom. The number of ether oxygens (including phenoxy) is 3. The van der Waals surface area contributed by atoms with Gasteiger partial charge in [-0.1, -0.05) is 6.07 Å². The minimum Gasteiger partial charge on any atom is -0.496 e. The highest BCUT2D eigenvalue weighted by Gasteiger charge is 2.35. The number of carbonyl (C=O) groups excluding carboxylic acids is 1. The Morgan fingerprint density at radius 1 is 1.24 bits per heavy atom. The van der Waals surface area contributed by atoms with Crippen LogP contribution in [0.4, 0.5) is 0 Å². The van der Waals surface area contributed by atoms with Crippen molar-refractivity contribution in [1.29, 1.82) is 0 Å². The van der Waals surface area contributed by atoms with E-state index in [1.807, 2.05) is 0 Å². The summed E-state index contributed by atoms with van der Waals surface area (Å²) in [6.45, 7) is 0.540. The predicted octanol–water partition coefficient (Wildman–Crippen LogP) is 0.340. The Kier molecular flexibility index (Phi) is 6.26. The van der Waals surface area contributed by atoms with Crippen LogP contribution in [0.3, 0.4) is 0 Å². The minimum absolute atomic E-state index is 0.0893. The molecule has 0 saturated carbocycles. The van der Waals surface area contributed by atoms with Gasteiger partial charge in [0.25, 0.3) is 5.91 Å². The fourth-order valence-corrected chi connectivity index (χ4v) is 3.83. The predicted molar refractivity (Wildman–Crippen MR) is 92.6 cm³/mol. The van der Waals surface area contributed by atoms with Crippen molar-refractivity contribution < 1.29 is 27.4 Å². The van der Waals surface area contributed by atoms with Crippen molar-refractivity contribution >= 4 is 15.9 Å². The lowest BCUT2D eigenvalue weighted by molar-refractivity contribution is 0.0919. The van der Waals surface area contributed by atoms with Gasteiger partial charge in [-0.3, -0.25) is 4.79 Å². The molecule has 1 aliphatic heterocycles. The third-order valence-corrected chi connectivity index (χ3v) is 6.11. The molecule has 0 aromatic heterocycles. The second kappa shape index (κ2) is 8.03. The fraction of sp³-hybridized carbons (Fsp3) is 0.562. The number of amides is 1. The van der Waals surface area contributed by atoms with Crippen LogP contribution >= 0.6 is 0 Å². The molecule has 1 amide bonds. The molecule has 1 N–H and O–H groups in total. The van der Waals surface area contributed by atoms with E-state index in [0.29, 0.717) is 11.5 Å². The lowest BCUT2D eigenvalue weighted by Gasteiger charge is -2.22. The molecule has 1 aromatic carbocycles. The van der Waals surface area contributed by atoms with Gasteiger partial charge in [0, 0.05) is 20.0 Å². The van der Waals surface area contributed by atoms with Crippen molar-refractivity contribution in [3.8, 4) is 11.5 Å². The van der Waals surface area contributed by atoms with Gasteiger partial charge >= 0.3 is 0 Å². The first-order valence-corrected chi connectivity index (χ1v) is 9.41. The smallest absolute Gasteiger partial charge is 0.259 e. The van der Waals surface area contributed by atoms with Crippen LogP contribution in [0.15, 0.2) is 18.2 Å². The van der Waals surface area contributed by atoms with E-state index >= 15 is 0 Å². The zero-order valence-corrected chi connectivity index (χ0v) is 15.6. The molecule has 0 bridgehead atoms. The van der Waals surface area contributed by atoms with Crippen LogP contribution in [0.5, 0.6) is 11.5 Å². The largest absolute Gasteiger partial charge is 0.496 e. The molecule has 0 radical (unpaired) electrons. The Labute approximate surface area is 148 Å². The van der Waals surface area contributed by atoms with Crippen molar-refractivity contribution in [2.45, 2.75) is 6.04 Å². The maximum absolute atomic E-state index is 12.7. The Bertz CT molecular complexity index is 697. The molecular formula is C16H24N2O6S. The van der Waals surface area contributed by atoms with Gasteiger partial charge in [0.15, 0.2) is 0 Å². The first-order chi connectivity index (χ1) is 11.8. The highest BCUT2D eigenvalue weighted by Crippen LogP contribution is 2.28. The molecule has 1 fully saturated rings. The number of hydrogen-bond acceptors (Lipinski definition) is 6. The molecule has 2 atom stereocenters. The lowest BCUT2D eigenvalue weighted by Crippen LogP contribution is -2.43. The summed E-state index contributed by atoms with van der Waals surface area (Å²) < 4.78 is 41.2. The zero-order chi connectivity index (χ0) is 18.6. The average Bonchev–Trinajstić information content (AvgIpc) is 2.99. The van der Waals surface area contributed by atoms with Gasteiger partial charge in [-0.25, -0.2) is 12.7 Å². The molecule has 9 heteroatoms. The van der Waals surface area contributed by atoms with Crippen molar-refractivity contribution in [3.05, 3.63) is 23.8 Å². The maximum atomic E-state index is 12.7. The quantitative estimate of drug-likeness (QED) is 0.742. The standard InChI is InChI=1S/C16H24N2O6S/c1-18(2)25(20,21)10-11-8-24-9-12(11)17-16(19)15-13(22-3)6-5-7-14(15)23-4/h5-7,11-12H,8-10H2,1-4H3,(H,17,19)/t11-,12+/m0/s1. The summed E-state index contributed by atoms with van der Waals surface area (Å²) in [6, 6.07) is 4.64. The highest BCUT2D eigenvalue weighted by atomic mass is 32.2. The van der Waals surface area contributed by atoms with Crippen LogP contribution in [0.2, 0.25) is 0 Å². The summed E-state index contributed by atoms with van der Waals surface area (Å²) in [5.74, 6) is -0.0378. The molecule has 140 valence electrons. The summed E-state index contributed by atoms with van der Waals surface area (Å²) in [5.41, 5.74) is 0.272. The van der Waals surface area contributed by atoms with E-state index in [4.69, 9.17) is 14.2 Å². The van der Waals surface area contributed by atoms with E-state index in [-0.39, 0.29) is 30.4 Å². The van der Waals surface area contributed by atoms with Gasteiger partial charge in [0.2, 0.25) is 10.0 Å². The normalized spacial score (nSPS) is 20.5. The van der Waals surface area contributed by atoms with E-state index in [0.717, 1.165) is 0 Å². The highest BCUT2D eigenvalue weighted by molar-refractivity contribution is 7.89. The number of nitrogens with zero attached hydrogens (tertiary/aromatic N) is 1. The fourth-order valence-electron chi connectivity index (χ4n) is 2.66. The first-order valence-electron chi connectivity index (χ1n) is 7.80. The molecule has 2 rings (SSSR count). The van der Waals surface area contributed by atoms with Crippen LogP contribution in [0.25, 0.3) is 0 Å². The van der Waals surface area contributed by atoms with Crippen molar-refractivity contribution in [2.24, 2.45) is 5.92 Å². The van der Waals surface area contributed by atoms with Crippen LogP contribution in [0, 0.1) is 5.92 Å².